The van der Waals surface area contributed by atoms with Crippen LogP contribution in [0.4, 0.5) is 5.69 Å². The van der Waals surface area contributed by atoms with Gasteiger partial charge in [-0.05, 0) is 68.1 Å². The molecule has 0 aliphatic rings. The average Bonchev–Trinajstić information content (AvgIpc) is 2.53. The zero-order valence-electron chi connectivity index (χ0n) is 14.1. The third-order valence-corrected chi connectivity index (χ3v) is 3.88. The molecule has 0 unspecified atom stereocenters. The summed E-state index contributed by atoms with van der Waals surface area (Å²) in [6.07, 6.45) is 2.40. The number of hydrogen-bond donors (Lipinski definition) is 2. The minimum absolute atomic E-state index is 0.210. The normalized spacial score (nSPS) is 10.4. The smallest absolute Gasteiger partial charge is 0.161 e. The van der Waals surface area contributed by atoms with Crippen LogP contribution in [0.5, 0.6) is 11.5 Å². The van der Waals surface area contributed by atoms with Gasteiger partial charge in [0, 0.05) is 17.8 Å². The second kappa shape index (κ2) is 7.73. The van der Waals surface area contributed by atoms with Crippen LogP contribution in [0.25, 0.3) is 0 Å². The molecule has 2 aromatic rings. The lowest BCUT2D eigenvalue weighted by molar-refractivity contribution is 0.316. The number of ether oxygens (including phenoxy) is 1. The van der Waals surface area contributed by atoms with Gasteiger partial charge in [-0.1, -0.05) is 12.1 Å². The van der Waals surface area contributed by atoms with Crippen molar-refractivity contribution in [3.8, 4) is 11.5 Å². The van der Waals surface area contributed by atoms with Crippen molar-refractivity contribution in [1.82, 2.24) is 0 Å². The first kappa shape index (κ1) is 16.9. The molecule has 122 valence electrons. The molecule has 0 atom stereocenters. The van der Waals surface area contributed by atoms with Gasteiger partial charge in [-0.15, -0.1) is 6.58 Å². The molecule has 2 aromatic carbocycles. The molecule has 0 amide bonds. The highest BCUT2D eigenvalue weighted by Crippen LogP contribution is 2.32. The molecular formula is C20H25NO2. The van der Waals surface area contributed by atoms with Crippen molar-refractivity contribution in [2.24, 2.45) is 0 Å². The van der Waals surface area contributed by atoms with Crippen LogP contribution in [0, 0.1) is 13.8 Å². The zero-order chi connectivity index (χ0) is 16.8. The molecule has 3 nitrogen and oxygen atoms in total. The first-order chi connectivity index (χ1) is 11.0. The monoisotopic (exact) mass is 311 g/mol. The van der Waals surface area contributed by atoms with Crippen LogP contribution in [0.15, 0.2) is 43.0 Å². The highest BCUT2D eigenvalue weighted by atomic mass is 16.5. The van der Waals surface area contributed by atoms with E-state index in [-0.39, 0.29) is 5.75 Å². The summed E-state index contributed by atoms with van der Waals surface area (Å²) in [5.41, 5.74) is 5.55. The molecule has 0 spiro atoms. The van der Waals surface area contributed by atoms with E-state index < -0.39 is 0 Å². The van der Waals surface area contributed by atoms with Crippen molar-refractivity contribution in [3.05, 3.63) is 65.2 Å². The Kier molecular flexibility index (Phi) is 5.69. The standard InChI is InChI=1S/C20H25NO2/c1-5-7-17-11-16(12-19(20(17)22)23-6-2)13-21-18-9-8-14(3)15(4)10-18/h5,8-12,21-22H,1,6-7,13H2,2-4H3. The van der Waals surface area contributed by atoms with E-state index in [0.29, 0.717) is 25.3 Å². The van der Waals surface area contributed by atoms with Crippen LogP contribution in [-0.2, 0) is 13.0 Å². The van der Waals surface area contributed by atoms with Crippen molar-refractivity contribution < 1.29 is 9.84 Å². The Morgan fingerprint density at radius 1 is 1.17 bits per heavy atom. The highest BCUT2D eigenvalue weighted by Gasteiger charge is 2.10. The number of benzene rings is 2. The van der Waals surface area contributed by atoms with Crippen molar-refractivity contribution in [1.29, 1.82) is 0 Å². The number of anilines is 1. The van der Waals surface area contributed by atoms with Crippen LogP contribution in [0.2, 0.25) is 0 Å². The fourth-order valence-corrected chi connectivity index (χ4v) is 2.46. The lowest BCUT2D eigenvalue weighted by Gasteiger charge is -2.14. The summed E-state index contributed by atoms with van der Waals surface area (Å²) in [6.45, 7) is 11.1. The molecule has 2 rings (SSSR count). The minimum Gasteiger partial charge on any atom is -0.504 e. The SMILES string of the molecule is C=CCc1cc(CNc2ccc(C)c(C)c2)cc(OCC)c1O. The summed E-state index contributed by atoms with van der Waals surface area (Å²) < 4.78 is 5.54. The van der Waals surface area contributed by atoms with Crippen molar-refractivity contribution in [3.63, 3.8) is 0 Å². The van der Waals surface area contributed by atoms with Crippen molar-refractivity contribution in [2.75, 3.05) is 11.9 Å². The van der Waals surface area contributed by atoms with Gasteiger partial charge in [0.05, 0.1) is 6.61 Å². The summed E-state index contributed by atoms with van der Waals surface area (Å²) in [5, 5.41) is 13.7. The van der Waals surface area contributed by atoms with Gasteiger partial charge in [-0.2, -0.15) is 0 Å². The number of aryl methyl sites for hydroxylation is 2. The van der Waals surface area contributed by atoms with E-state index in [2.05, 4.69) is 43.9 Å². The van der Waals surface area contributed by atoms with E-state index in [1.807, 2.05) is 19.1 Å². The number of rotatable bonds is 7. The van der Waals surface area contributed by atoms with E-state index in [4.69, 9.17) is 4.74 Å². The molecule has 0 aliphatic heterocycles. The van der Waals surface area contributed by atoms with Gasteiger partial charge in [0.15, 0.2) is 11.5 Å². The summed E-state index contributed by atoms with van der Waals surface area (Å²) in [7, 11) is 0. The summed E-state index contributed by atoms with van der Waals surface area (Å²) >= 11 is 0. The van der Waals surface area contributed by atoms with Crippen LogP contribution in [0.1, 0.15) is 29.2 Å². The van der Waals surface area contributed by atoms with Crippen LogP contribution < -0.4 is 10.1 Å². The molecule has 0 aliphatic carbocycles. The number of hydrogen-bond acceptors (Lipinski definition) is 3. The molecular weight excluding hydrogens is 286 g/mol. The van der Waals surface area contributed by atoms with Gasteiger partial charge in [0.25, 0.3) is 0 Å². The average molecular weight is 311 g/mol. The lowest BCUT2D eigenvalue weighted by atomic mass is 10.1. The van der Waals surface area contributed by atoms with E-state index in [9.17, 15) is 5.11 Å². The third-order valence-electron chi connectivity index (χ3n) is 3.88. The Morgan fingerprint density at radius 2 is 1.96 bits per heavy atom. The van der Waals surface area contributed by atoms with E-state index in [1.54, 1.807) is 6.08 Å². The maximum atomic E-state index is 10.2. The molecule has 0 fully saturated rings. The van der Waals surface area contributed by atoms with Crippen molar-refractivity contribution in [2.45, 2.75) is 33.7 Å². The highest BCUT2D eigenvalue weighted by molar-refractivity contribution is 5.52. The zero-order valence-corrected chi connectivity index (χ0v) is 14.1. The van der Waals surface area contributed by atoms with Crippen LogP contribution >= 0.6 is 0 Å². The van der Waals surface area contributed by atoms with Crippen LogP contribution in [-0.4, -0.2) is 11.7 Å². The molecule has 0 saturated carbocycles. The van der Waals surface area contributed by atoms with E-state index in [0.717, 1.165) is 16.8 Å². The number of phenols is 1. The van der Waals surface area contributed by atoms with Gasteiger partial charge in [-0.3, -0.25) is 0 Å². The predicted octanol–water partition coefficient (Wildman–Crippen LogP) is 4.75. The largest absolute Gasteiger partial charge is 0.504 e. The fourth-order valence-electron chi connectivity index (χ4n) is 2.46. The van der Waals surface area contributed by atoms with E-state index in [1.165, 1.54) is 11.1 Å². The van der Waals surface area contributed by atoms with Crippen LogP contribution in [0.3, 0.4) is 0 Å². The molecule has 2 N–H and O–H groups in total. The second-order valence-corrected chi connectivity index (χ2v) is 5.68. The predicted molar refractivity (Wildman–Crippen MR) is 96.4 cm³/mol. The summed E-state index contributed by atoms with van der Waals surface area (Å²) in [6, 6.07) is 10.2. The molecule has 0 heterocycles. The number of phenolic OH excluding ortho intramolecular Hbond substituents is 1. The third kappa shape index (κ3) is 4.28. The fraction of sp³-hybridized carbons (Fsp3) is 0.300. The quantitative estimate of drug-likeness (QED) is 0.725. The first-order valence-corrected chi connectivity index (χ1v) is 7.94. The van der Waals surface area contributed by atoms with Gasteiger partial charge in [0.1, 0.15) is 0 Å². The number of aromatic hydroxyl groups is 1. The maximum absolute atomic E-state index is 10.2. The number of nitrogens with one attached hydrogen (secondary N) is 1. The Balaban J connectivity index is 2.20. The van der Waals surface area contributed by atoms with E-state index >= 15 is 0 Å². The Labute approximate surface area is 138 Å². The maximum Gasteiger partial charge on any atom is 0.161 e. The second-order valence-electron chi connectivity index (χ2n) is 5.68. The molecule has 0 saturated heterocycles. The topological polar surface area (TPSA) is 41.5 Å². The van der Waals surface area contributed by atoms with Crippen molar-refractivity contribution >= 4 is 5.69 Å². The minimum atomic E-state index is 0.210. The Morgan fingerprint density at radius 3 is 2.61 bits per heavy atom. The molecule has 0 bridgehead atoms. The van der Waals surface area contributed by atoms with Gasteiger partial charge in [-0.25, -0.2) is 0 Å². The Bertz CT molecular complexity index is 692. The first-order valence-electron chi connectivity index (χ1n) is 7.94. The molecule has 0 aromatic heterocycles. The summed E-state index contributed by atoms with van der Waals surface area (Å²) in [5.74, 6) is 0.741. The molecule has 3 heteroatoms. The van der Waals surface area contributed by atoms with Gasteiger partial charge in [0.2, 0.25) is 0 Å². The summed E-state index contributed by atoms with van der Waals surface area (Å²) in [4.78, 5) is 0. The van der Waals surface area contributed by atoms with Gasteiger partial charge < -0.3 is 15.2 Å². The lowest BCUT2D eigenvalue weighted by Crippen LogP contribution is -2.02. The number of allylic oxidation sites excluding steroid dienone is 1. The molecule has 23 heavy (non-hydrogen) atoms. The molecule has 0 radical (unpaired) electrons. The van der Waals surface area contributed by atoms with Gasteiger partial charge >= 0.3 is 0 Å². The Hall–Kier alpha value is -2.42.